The summed E-state index contributed by atoms with van der Waals surface area (Å²) in [6, 6.07) is 6.82. The van der Waals surface area contributed by atoms with Crippen LogP contribution in [0.3, 0.4) is 0 Å². The van der Waals surface area contributed by atoms with Crippen molar-refractivity contribution >= 4 is 11.9 Å². The van der Waals surface area contributed by atoms with Crippen molar-refractivity contribution in [1.82, 2.24) is 5.32 Å². The van der Waals surface area contributed by atoms with Gasteiger partial charge in [0.25, 0.3) is 5.91 Å². The average molecular weight is 349 g/mol. The molecular weight excluding hydrogens is 322 g/mol. The van der Waals surface area contributed by atoms with E-state index < -0.39 is 5.97 Å². The first-order valence-electron chi connectivity index (χ1n) is 8.93. The maximum Gasteiger partial charge on any atom is 0.338 e. The fraction of sp³-hybridized carbons (Fsp3) is 0.579. The van der Waals surface area contributed by atoms with Gasteiger partial charge in [-0.3, -0.25) is 4.79 Å². The van der Waals surface area contributed by atoms with Gasteiger partial charge < -0.3 is 19.5 Å². The molecule has 0 unspecified atom stereocenters. The molecule has 1 saturated heterocycles. The molecule has 0 aliphatic carbocycles. The summed E-state index contributed by atoms with van der Waals surface area (Å²) in [5.74, 6) is -0.123. The number of carbonyl (C=O) groups is 2. The zero-order valence-electron chi connectivity index (χ0n) is 15.0. The molecule has 25 heavy (non-hydrogen) atoms. The van der Waals surface area contributed by atoms with Crippen LogP contribution < -0.4 is 10.1 Å². The molecule has 0 spiro atoms. The van der Waals surface area contributed by atoms with Crippen molar-refractivity contribution in [2.75, 3.05) is 19.8 Å². The van der Waals surface area contributed by atoms with Gasteiger partial charge in [0.2, 0.25) is 0 Å². The Morgan fingerprint density at radius 3 is 2.56 bits per heavy atom. The molecule has 6 nitrogen and oxygen atoms in total. The molecule has 0 aromatic heterocycles. The molecule has 1 N–H and O–H groups in total. The van der Waals surface area contributed by atoms with Crippen LogP contribution in [0.5, 0.6) is 5.75 Å². The number of rotatable bonds is 9. The highest BCUT2D eigenvalue weighted by molar-refractivity contribution is 5.91. The average Bonchev–Trinajstić information content (AvgIpc) is 3.16. The lowest BCUT2D eigenvalue weighted by molar-refractivity contribution is -0.125. The monoisotopic (exact) mass is 349 g/mol. The number of esters is 1. The molecule has 1 aliphatic rings. The number of hydrogen-bond donors (Lipinski definition) is 1. The second-order valence-electron chi connectivity index (χ2n) is 6.13. The molecule has 1 aliphatic heterocycles. The fourth-order valence-corrected chi connectivity index (χ4v) is 2.63. The van der Waals surface area contributed by atoms with Crippen LogP contribution in [0.25, 0.3) is 0 Å². The normalized spacial score (nSPS) is 16.7. The Bertz CT molecular complexity index is 547. The van der Waals surface area contributed by atoms with Crippen molar-refractivity contribution in [2.24, 2.45) is 0 Å². The van der Waals surface area contributed by atoms with E-state index in [-0.39, 0.29) is 24.7 Å². The summed E-state index contributed by atoms with van der Waals surface area (Å²) in [6.07, 6.45) is 3.94. The Balaban J connectivity index is 1.74. The van der Waals surface area contributed by atoms with Crippen LogP contribution in [0.15, 0.2) is 24.3 Å². The molecule has 1 heterocycles. The summed E-state index contributed by atoms with van der Waals surface area (Å²) in [5.41, 5.74) is 0.389. The van der Waals surface area contributed by atoms with Crippen molar-refractivity contribution in [3.05, 3.63) is 29.8 Å². The van der Waals surface area contributed by atoms with Gasteiger partial charge in [0, 0.05) is 12.6 Å². The SMILES string of the molecule is CCC(CC)NC(=O)COC(=O)c1ccc(OC[C@@H]2CCCO2)cc1. The highest BCUT2D eigenvalue weighted by atomic mass is 16.5. The van der Waals surface area contributed by atoms with E-state index >= 15 is 0 Å². The summed E-state index contributed by atoms with van der Waals surface area (Å²) in [6.45, 7) is 5.04. The van der Waals surface area contributed by atoms with Crippen molar-refractivity contribution in [1.29, 1.82) is 0 Å². The maximum atomic E-state index is 12.0. The molecule has 138 valence electrons. The highest BCUT2D eigenvalue weighted by Gasteiger charge is 2.16. The molecule has 1 atom stereocenters. The first-order valence-corrected chi connectivity index (χ1v) is 8.93. The molecule has 1 aromatic carbocycles. The van der Waals surface area contributed by atoms with Crippen molar-refractivity contribution in [2.45, 2.75) is 51.7 Å². The van der Waals surface area contributed by atoms with Crippen LogP contribution in [0.2, 0.25) is 0 Å². The third-order valence-corrected chi connectivity index (χ3v) is 4.23. The molecule has 1 amide bonds. The molecule has 1 fully saturated rings. The molecule has 2 rings (SSSR count). The zero-order valence-corrected chi connectivity index (χ0v) is 15.0. The van der Waals surface area contributed by atoms with Crippen LogP contribution in [-0.4, -0.2) is 43.8 Å². The van der Waals surface area contributed by atoms with Crippen LogP contribution >= 0.6 is 0 Å². The molecule has 0 saturated carbocycles. The van der Waals surface area contributed by atoms with Gasteiger partial charge in [0.05, 0.1) is 11.7 Å². The van der Waals surface area contributed by atoms with Gasteiger partial charge in [-0.2, -0.15) is 0 Å². The molecule has 0 radical (unpaired) electrons. The van der Waals surface area contributed by atoms with Crippen molar-refractivity contribution < 1.29 is 23.8 Å². The predicted molar refractivity (Wildman–Crippen MR) is 93.7 cm³/mol. The molecule has 6 heteroatoms. The predicted octanol–water partition coefficient (Wildman–Crippen LogP) is 2.71. The third-order valence-electron chi connectivity index (χ3n) is 4.23. The van der Waals surface area contributed by atoms with Gasteiger partial charge in [0.15, 0.2) is 6.61 Å². The van der Waals surface area contributed by atoms with Crippen molar-refractivity contribution in [3.63, 3.8) is 0 Å². The number of hydrogen-bond acceptors (Lipinski definition) is 5. The lowest BCUT2D eigenvalue weighted by atomic mass is 10.2. The largest absolute Gasteiger partial charge is 0.491 e. The number of benzene rings is 1. The smallest absolute Gasteiger partial charge is 0.338 e. The topological polar surface area (TPSA) is 73.9 Å². The molecule has 1 aromatic rings. The minimum Gasteiger partial charge on any atom is -0.491 e. The number of amides is 1. The minimum atomic E-state index is -0.523. The molecule has 0 bridgehead atoms. The van der Waals surface area contributed by atoms with E-state index in [2.05, 4.69) is 5.32 Å². The van der Waals surface area contributed by atoms with E-state index in [0.29, 0.717) is 17.9 Å². The lowest BCUT2D eigenvalue weighted by Crippen LogP contribution is -2.36. The maximum absolute atomic E-state index is 12.0. The lowest BCUT2D eigenvalue weighted by Gasteiger charge is -2.14. The van der Waals surface area contributed by atoms with E-state index in [0.717, 1.165) is 32.3 Å². The van der Waals surface area contributed by atoms with Gasteiger partial charge >= 0.3 is 5.97 Å². The van der Waals surface area contributed by atoms with Crippen LogP contribution in [0.1, 0.15) is 49.9 Å². The minimum absolute atomic E-state index is 0.117. The summed E-state index contributed by atoms with van der Waals surface area (Å²) < 4.78 is 16.2. The first kappa shape index (κ1) is 19.2. The fourth-order valence-electron chi connectivity index (χ4n) is 2.63. The number of carbonyl (C=O) groups excluding carboxylic acids is 2. The van der Waals surface area contributed by atoms with Crippen LogP contribution in [0.4, 0.5) is 0 Å². The third kappa shape index (κ3) is 6.38. The van der Waals surface area contributed by atoms with Gasteiger partial charge in [0.1, 0.15) is 12.4 Å². The van der Waals surface area contributed by atoms with E-state index in [9.17, 15) is 9.59 Å². The quantitative estimate of drug-likeness (QED) is 0.694. The summed E-state index contributed by atoms with van der Waals surface area (Å²) >= 11 is 0. The summed E-state index contributed by atoms with van der Waals surface area (Å²) in [4.78, 5) is 23.7. The van der Waals surface area contributed by atoms with E-state index in [1.54, 1.807) is 24.3 Å². The summed E-state index contributed by atoms with van der Waals surface area (Å²) in [5, 5.41) is 2.83. The Kier molecular flexibility index (Phi) is 7.73. The highest BCUT2D eigenvalue weighted by Crippen LogP contribution is 2.17. The zero-order chi connectivity index (χ0) is 18.1. The Morgan fingerprint density at radius 1 is 1.24 bits per heavy atom. The van der Waals surface area contributed by atoms with E-state index in [1.165, 1.54) is 0 Å². The second kappa shape index (κ2) is 10.0. The Labute approximate surface area is 148 Å². The standard InChI is InChI=1S/C19H27NO5/c1-3-15(4-2)20-18(21)13-25-19(22)14-7-9-16(10-8-14)24-12-17-6-5-11-23-17/h7-10,15,17H,3-6,11-13H2,1-2H3,(H,20,21)/t17-/m0/s1. The number of ether oxygens (including phenoxy) is 3. The summed E-state index contributed by atoms with van der Waals surface area (Å²) in [7, 11) is 0. The number of nitrogens with one attached hydrogen (secondary N) is 1. The molecular formula is C19H27NO5. The van der Waals surface area contributed by atoms with Crippen molar-refractivity contribution in [3.8, 4) is 5.75 Å². The van der Waals surface area contributed by atoms with E-state index in [4.69, 9.17) is 14.2 Å². The van der Waals surface area contributed by atoms with Gasteiger partial charge in [-0.25, -0.2) is 4.79 Å². The van der Waals surface area contributed by atoms with Crippen LogP contribution in [-0.2, 0) is 14.3 Å². The Hall–Kier alpha value is -2.08. The van der Waals surface area contributed by atoms with Gasteiger partial charge in [-0.15, -0.1) is 0 Å². The first-order chi connectivity index (χ1) is 12.1. The second-order valence-corrected chi connectivity index (χ2v) is 6.13. The Morgan fingerprint density at radius 2 is 1.96 bits per heavy atom. The van der Waals surface area contributed by atoms with Gasteiger partial charge in [-0.05, 0) is 49.9 Å². The van der Waals surface area contributed by atoms with E-state index in [1.807, 2.05) is 13.8 Å². The van der Waals surface area contributed by atoms with Gasteiger partial charge in [-0.1, -0.05) is 13.8 Å². The van der Waals surface area contributed by atoms with Crippen LogP contribution in [0, 0.1) is 0 Å².